The minimum absolute atomic E-state index is 0.00307. The lowest BCUT2D eigenvalue weighted by molar-refractivity contribution is -0.128. The van der Waals surface area contributed by atoms with E-state index in [1.807, 2.05) is 6.07 Å². The van der Waals surface area contributed by atoms with E-state index in [2.05, 4.69) is 15.3 Å². The molecule has 2 fully saturated rings. The molecule has 1 saturated carbocycles. The van der Waals surface area contributed by atoms with Crippen molar-refractivity contribution in [3.8, 4) is 6.07 Å². The Morgan fingerprint density at radius 3 is 2.63 bits per heavy atom. The summed E-state index contributed by atoms with van der Waals surface area (Å²) in [5, 5.41) is 12.2. The third kappa shape index (κ3) is 6.39. The molecule has 222 valence electrons. The van der Waals surface area contributed by atoms with Gasteiger partial charge in [-0.3, -0.25) is 19.5 Å². The van der Waals surface area contributed by atoms with Gasteiger partial charge in [0.1, 0.15) is 24.3 Å². The highest BCUT2D eigenvalue weighted by Gasteiger charge is 2.46. The highest BCUT2D eigenvalue weighted by Crippen LogP contribution is 2.37. The number of ether oxygens (including phenoxy) is 1. The minimum Gasteiger partial charge on any atom is -0.446 e. The molecule has 1 aromatic carbocycles. The standard InChI is InChI=1S/C29H24ClF3N6O4/c30-22-4-2-1-3-21(22)25(26(40)37-19-5-8-29(32,33)9-6-19)38(20-12-18(31)14-35-15-20)27(41)23-16-43-28(42)39(23)24-11-17(13-34)7-10-36-24/h1-4,7,10-12,14-15,19,23,25H,5-6,8-9,16H2,(H,37,40)/t23-,25?/m0/s1. The summed E-state index contributed by atoms with van der Waals surface area (Å²) in [5.74, 6) is -5.35. The van der Waals surface area contributed by atoms with E-state index in [9.17, 15) is 32.8 Å². The zero-order valence-electron chi connectivity index (χ0n) is 22.4. The summed E-state index contributed by atoms with van der Waals surface area (Å²) in [6.45, 7) is -0.454. The molecule has 3 amide bonds. The Morgan fingerprint density at radius 2 is 1.93 bits per heavy atom. The Kier molecular flexibility index (Phi) is 8.50. The number of halogens is 4. The van der Waals surface area contributed by atoms with Crippen molar-refractivity contribution in [3.05, 3.63) is 83.0 Å². The number of nitrogens with zero attached hydrogens (tertiary/aromatic N) is 5. The number of aromatic nitrogens is 2. The average molecular weight is 613 g/mol. The van der Waals surface area contributed by atoms with Gasteiger partial charge in [-0.05, 0) is 31.0 Å². The maximum atomic E-state index is 14.5. The summed E-state index contributed by atoms with van der Waals surface area (Å²) in [6.07, 6.45) is 1.59. The van der Waals surface area contributed by atoms with Crippen LogP contribution >= 0.6 is 11.6 Å². The fourth-order valence-corrected chi connectivity index (χ4v) is 5.37. The molecule has 0 radical (unpaired) electrons. The Bertz CT molecular complexity index is 1590. The van der Waals surface area contributed by atoms with Gasteiger partial charge in [-0.25, -0.2) is 27.8 Å². The number of alkyl halides is 2. The van der Waals surface area contributed by atoms with Crippen LogP contribution in [0.4, 0.5) is 29.5 Å². The Hall–Kier alpha value is -4.70. The third-order valence-electron chi connectivity index (χ3n) is 7.26. The summed E-state index contributed by atoms with van der Waals surface area (Å²) in [7, 11) is 0. The summed E-state index contributed by atoms with van der Waals surface area (Å²) >= 11 is 6.51. The summed E-state index contributed by atoms with van der Waals surface area (Å²) in [6, 6.07) is 8.25. The monoisotopic (exact) mass is 612 g/mol. The molecule has 1 N–H and O–H groups in total. The van der Waals surface area contributed by atoms with Crippen LogP contribution in [0.5, 0.6) is 0 Å². The lowest BCUT2D eigenvalue weighted by Gasteiger charge is -2.36. The van der Waals surface area contributed by atoms with Crippen molar-refractivity contribution >= 4 is 41.0 Å². The number of cyclic esters (lactones) is 1. The van der Waals surface area contributed by atoms with E-state index >= 15 is 0 Å². The van der Waals surface area contributed by atoms with E-state index in [0.29, 0.717) is 0 Å². The van der Waals surface area contributed by atoms with Gasteiger partial charge in [0, 0.05) is 41.7 Å². The second kappa shape index (κ2) is 12.3. The maximum absolute atomic E-state index is 14.5. The third-order valence-corrected chi connectivity index (χ3v) is 7.60. The molecule has 1 aliphatic carbocycles. The molecule has 5 rings (SSSR count). The first kappa shape index (κ1) is 29.8. The van der Waals surface area contributed by atoms with Gasteiger partial charge in [0.15, 0.2) is 6.04 Å². The van der Waals surface area contributed by atoms with Crippen LogP contribution in [0.25, 0.3) is 0 Å². The normalized spacial score (nSPS) is 18.8. The molecular weight excluding hydrogens is 589 g/mol. The van der Waals surface area contributed by atoms with Crippen molar-refractivity contribution < 1.29 is 32.3 Å². The number of nitriles is 1. The van der Waals surface area contributed by atoms with Crippen LogP contribution in [0.2, 0.25) is 5.02 Å². The fraction of sp³-hybridized carbons (Fsp3) is 0.310. The van der Waals surface area contributed by atoms with Gasteiger partial charge in [-0.2, -0.15) is 5.26 Å². The van der Waals surface area contributed by atoms with Crippen molar-refractivity contribution in [1.82, 2.24) is 15.3 Å². The number of hydrogen-bond acceptors (Lipinski definition) is 7. The predicted molar refractivity (Wildman–Crippen MR) is 148 cm³/mol. The zero-order chi connectivity index (χ0) is 30.7. The molecule has 14 heteroatoms. The van der Waals surface area contributed by atoms with Gasteiger partial charge in [-0.1, -0.05) is 29.8 Å². The number of pyridine rings is 2. The summed E-state index contributed by atoms with van der Waals surface area (Å²) in [4.78, 5) is 51.1. The lowest BCUT2D eigenvalue weighted by atomic mass is 9.91. The smallest absolute Gasteiger partial charge is 0.416 e. The van der Waals surface area contributed by atoms with Gasteiger partial charge >= 0.3 is 6.09 Å². The number of benzene rings is 1. The zero-order valence-corrected chi connectivity index (χ0v) is 23.2. The van der Waals surface area contributed by atoms with Crippen LogP contribution in [-0.2, 0) is 14.3 Å². The van der Waals surface area contributed by atoms with Gasteiger partial charge in [0.25, 0.3) is 5.91 Å². The van der Waals surface area contributed by atoms with Gasteiger partial charge in [0.05, 0.1) is 29.7 Å². The highest BCUT2D eigenvalue weighted by molar-refractivity contribution is 6.31. The number of carbonyl (C=O) groups excluding carboxylic acids is 3. The Balaban J connectivity index is 1.59. The fourth-order valence-electron chi connectivity index (χ4n) is 5.13. The first-order valence-electron chi connectivity index (χ1n) is 13.3. The van der Waals surface area contributed by atoms with Crippen LogP contribution in [0.15, 0.2) is 61.1 Å². The second-order valence-corrected chi connectivity index (χ2v) is 10.5. The van der Waals surface area contributed by atoms with Crippen molar-refractivity contribution in [2.45, 2.75) is 49.7 Å². The Morgan fingerprint density at radius 1 is 1.19 bits per heavy atom. The molecule has 1 unspecified atom stereocenters. The molecule has 1 aliphatic heterocycles. The topological polar surface area (TPSA) is 129 Å². The van der Waals surface area contributed by atoms with E-state index in [1.165, 1.54) is 30.5 Å². The highest BCUT2D eigenvalue weighted by atomic mass is 35.5. The summed E-state index contributed by atoms with van der Waals surface area (Å²) < 4.78 is 47.3. The SMILES string of the molecule is N#Cc1ccnc(N2C(=O)OC[C@H]2C(=O)N(c2cncc(F)c2)C(C(=O)NC2CCC(F)(F)CC2)c2ccccc2Cl)c1. The average Bonchev–Trinajstić information content (AvgIpc) is 3.38. The van der Waals surface area contributed by atoms with Crippen molar-refractivity contribution in [1.29, 1.82) is 5.26 Å². The quantitative estimate of drug-likeness (QED) is 0.400. The van der Waals surface area contributed by atoms with Crippen LogP contribution in [-0.4, -0.2) is 52.5 Å². The number of amides is 3. The first-order chi connectivity index (χ1) is 20.6. The van der Waals surface area contributed by atoms with Crippen molar-refractivity contribution in [2.75, 3.05) is 16.4 Å². The summed E-state index contributed by atoms with van der Waals surface area (Å²) in [5.41, 5.74) is 0.175. The molecule has 0 bridgehead atoms. The van der Waals surface area contributed by atoms with Crippen LogP contribution in [0, 0.1) is 17.1 Å². The molecule has 2 aliphatic rings. The molecule has 2 aromatic heterocycles. The molecule has 2 atom stereocenters. The van der Waals surface area contributed by atoms with E-state index in [-0.39, 0.29) is 40.5 Å². The number of nitrogens with one attached hydrogen (secondary N) is 1. The molecule has 3 heterocycles. The Labute approximate surface area is 249 Å². The second-order valence-electron chi connectivity index (χ2n) is 10.1. The van der Waals surface area contributed by atoms with Gasteiger partial charge < -0.3 is 10.1 Å². The lowest BCUT2D eigenvalue weighted by Crippen LogP contribution is -2.54. The van der Waals surface area contributed by atoms with E-state index in [1.54, 1.807) is 12.1 Å². The largest absolute Gasteiger partial charge is 0.446 e. The minimum atomic E-state index is -2.84. The van der Waals surface area contributed by atoms with E-state index < -0.39 is 67.2 Å². The predicted octanol–water partition coefficient (Wildman–Crippen LogP) is 4.93. The maximum Gasteiger partial charge on any atom is 0.416 e. The van der Waals surface area contributed by atoms with Crippen LogP contribution in [0.1, 0.15) is 42.9 Å². The number of rotatable bonds is 7. The molecular formula is C29H24ClF3N6O4. The van der Waals surface area contributed by atoms with E-state index in [0.717, 1.165) is 28.3 Å². The number of anilines is 2. The van der Waals surface area contributed by atoms with Crippen molar-refractivity contribution in [2.24, 2.45) is 0 Å². The molecule has 3 aromatic rings. The number of carbonyl (C=O) groups is 3. The molecule has 43 heavy (non-hydrogen) atoms. The first-order valence-corrected chi connectivity index (χ1v) is 13.6. The van der Waals surface area contributed by atoms with Gasteiger partial charge in [-0.15, -0.1) is 0 Å². The van der Waals surface area contributed by atoms with Gasteiger partial charge in [0.2, 0.25) is 11.8 Å². The molecule has 1 saturated heterocycles. The molecule has 10 nitrogen and oxygen atoms in total. The van der Waals surface area contributed by atoms with E-state index in [4.69, 9.17) is 16.3 Å². The van der Waals surface area contributed by atoms with Crippen LogP contribution < -0.4 is 15.1 Å². The molecule has 0 spiro atoms. The van der Waals surface area contributed by atoms with Crippen LogP contribution in [0.3, 0.4) is 0 Å². The van der Waals surface area contributed by atoms with Crippen molar-refractivity contribution in [3.63, 3.8) is 0 Å². The number of hydrogen-bond donors (Lipinski definition) is 1.